The minimum atomic E-state index is -3.74. The Kier molecular flexibility index (Phi) is 6.19. The van der Waals surface area contributed by atoms with Gasteiger partial charge < -0.3 is 9.30 Å². The van der Waals surface area contributed by atoms with Crippen molar-refractivity contribution in [2.75, 3.05) is 0 Å². The van der Waals surface area contributed by atoms with Gasteiger partial charge in [-0.05, 0) is 37.6 Å². The van der Waals surface area contributed by atoms with E-state index in [4.69, 9.17) is 9.88 Å². The van der Waals surface area contributed by atoms with Gasteiger partial charge >= 0.3 is 5.97 Å². The summed E-state index contributed by atoms with van der Waals surface area (Å²) >= 11 is 1.47. The van der Waals surface area contributed by atoms with E-state index in [-0.39, 0.29) is 11.5 Å². The zero-order valence-electron chi connectivity index (χ0n) is 18.3. The average molecular weight is 486 g/mol. The first-order valence-corrected chi connectivity index (χ1v) is 12.4. The van der Waals surface area contributed by atoms with Crippen molar-refractivity contribution in [1.29, 1.82) is 0 Å². The smallest absolute Gasteiger partial charge is 0.340 e. The van der Waals surface area contributed by atoms with Gasteiger partial charge in [-0.15, -0.1) is 11.3 Å². The van der Waals surface area contributed by atoms with Crippen molar-refractivity contribution < 1.29 is 17.9 Å². The van der Waals surface area contributed by atoms with Gasteiger partial charge in [-0.1, -0.05) is 12.1 Å². The first kappa shape index (κ1) is 22.9. The fourth-order valence-corrected chi connectivity index (χ4v) is 4.77. The minimum Gasteiger partial charge on any atom is -0.455 e. The molecular formula is C22H23N5O4S2. The molecule has 11 heteroatoms. The van der Waals surface area contributed by atoms with Gasteiger partial charge in [0.15, 0.2) is 0 Å². The SMILES string of the molecule is Cc1cc(C(=O)OCc2csc(-c3cnn(C)c3)n2)c(C)n1Cc1ccc(S(N)(=O)=O)cc1. The number of carbonyl (C=O) groups excluding carboxylic acids is 1. The van der Waals surface area contributed by atoms with Crippen LogP contribution in [0.2, 0.25) is 0 Å². The zero-order valence-corrected chi connectivity index (χ0v) is 20.0. The molecule has 0 radical (unpaired) electrons. The summed E-state index contributed by atoms with van der Waals surface area (Å²) in [6.45, 7) is 4.32. The Bertz CT molecular complexity index is 1420. The number of rotatable bonds is 7. The highest BCUT2D eigenvalue weighted by Gasteiger charge is 2.18. The number of ether oxygens (including phenoxy) is 1. The lowest BCUT2D eigenvalue weighted by Gasteiger charge is -2.10. The summed E-state index contributed by atoms with van der Waals surface area (Å²) in [6.07, 6.45) is 3.62. The molecule has 0 spiro atoms. The number of aromatic nitrogens is 4. The van der Waals surface area contributed by atoms with Crippen LogP contribution in [0.5, 0.6) is 0 Å². The van der Waals surface area contributed by atoms with Crippen LogP contribution in [0.15, 0.2) is 53.0 Å². The summed E-state index contributed by atoms with van der Waals surface area (Å²) in [6, 6.07) is 8.15. The molecule has 4 rings (SSSR count). The van der Waals surface area contributed by atoms with Crippen molar-refractivity contribution in [2.45, 2.75) is 31.9 Å². The maximum atomic E-state index is 12.7. The summed E-state index contributed by atoms with van der Waals surface area (Å²) < 4.78 is 32.1. The fraction of sp³-hybridized carbons (Fsp3) is 0.227. The van der Waals surface area contributed by atoms with Gasteiger partial charge in [-0.25, -0.2) is 23.3 Å². The quantitative estimate of drug-likeness (QED) is 0.402. The van der Waals surface area contributed by atoms with E-state index in [2.05, 4.69) is 10.1 Å². The van der Waals surface area contributed by atoms with Crippen LogP contribution in [-0.2, 0) is 35.0 Å². The summed E-state index contributed by atoms with van der Waals surface area (Å²) in [4.78, 5) is 17.3. The monoisotopic (exact) mass is 485 g/mol. The van der Waals surface area contributed by atoms with Crippen LogP contribution < -0.4 is 5.14 Å². The maximum Gasteiger partial charge on any atom is 0.340 e. The van der Waals surface area contributed by atoms with Gasteiger partial charge in [0, 0.05) is 42.1 Å². The lowest BCUT2D eigenvalue weighted by molar-refractivity contribution is 0.0467. The molecule has 0 atom stereocenters. The van der Waals surface area contributed by atoms with Crippen LogP contribution in [0.1, 0.15) is 33.0 Å². The lowest BCUT2D eigenvalue weighted by Crippen LogP contribution is -2.12. The summed E-state index contributed by atoms with van der Waals surface area (Å²) in [5.41, 5.74) is 4.62. The van der Waals surface area contributed by atoms with Crippen molar-refractivity contribution in [3.8, 4) is 10.6 Å². The van der Waals surface area contributed by atoms with E-state index in [0.717, 1.165) is 27.5 Å². The molecule has 3 aromatic heterocycles. The molecule has 3 heterocycles. The highest BCUT2D eigenvalue weighted by molar-refractivity contribution is 7.89. The number of benzene rings is 1. The molecule has 0 amide bonds. The molecule has 9 nitrogen and oxygen atoms in total. The third kappa shape index (κ3) is 5.05. The minimum absolute atomic E-state index is 0.0604. The number of esters is 1. The third-order valence-corrected chi connectivity index (χ3v) is 7.11. The largest absolute Gasteiger partial charge is 0.455 e. The number of hydrogen-bond acceptors (Lipinski definition) is 7. The van der Waals surface area contributed by atoms with E-state index in [1.807, 2.05) is 37.0 Å². The van der Waals surface area contributed by atoms with Gasteiger partial charge in [0.05, 0.1) is 22.3 Å². The highest BCUT2D eigenvalue weighted by Crippen LogP contribution is 2.24. The molecule has 0 bridgehead atoms. The summed E-state index contributed by atoms with van der Waals surface area (Å²) in [7, 11) is -1.89. The molecule has 4 aromatic rings. The second kappa shape index (κ2) is 8.93. The van der Waals surface area contributed by atoms with Gasteiger partial charge in [-0.2, -0.15) is 5.10 Å². The lowest BCUT2D eigenvalue weighted by atomic mass is 10.2. The maximum absolute atomic E-state index is 12.7. The Morgan fingerprint density at radius 2 is 1.94 bits per heavy atom. The van der Waals surface area contributed by atoms with Crippen molar-refractivity contribution >= 4 is 27.3 Å². The van der Waals surface area contributed by atoms with Crippen molar-refractivity contribution in [3.05, 3.63) is 76.3 Å². The van der Waals surface area contributed by atoms with Gasteiger partial charge in [0.2, 0.25) is 10.0 Å². The molecule has 0 unspecified atom stereocenters. The standard InChI is InChI=1S/C22H23N5O4S2/c1-14-8-20(15(2)27(14)10-16-4-6-19(7-5-16)33(23,29)30)22(28)31-12-18-13-32-21(25-18)17-9-24-26(3)11-17/h4-9,11,13H,10,12H2,1-3H3,(H2,23,29,30). The number of primary sulfonamides is 1. The summed E-state index contributed by atoms with van der Waals surface area (Å²) in [5, 5.41) is 12.0. The van der Waals surface area contributed by atoms with Crippen LogP contribution in [-0.4, -0.2) is 33.7 Å². The number of nitrogens with two attached hydrogens (primary N) is 1. The normalized spacial score (nSPS) is 11.6. The zero-order chi connectivity index (χ0) is 23.8. The number of carbonyl (C=O) groups is 1. The Hall–Kier alpha value is -3.28. The Balaban J connectivity index is 1.44. The molecule has 0 aliphatic rings. The van der Waals surface area contributed by atoms with Crippen LogP contribution in [0.25, 0.3) is 10.6 Å². The Morgan fingerprint density at radius 1 is 1.21 bits per heavy atom. The van der Waals surface area contributed by atoms with E-state index in [0.29, 0.717) is 17.8 Å². The first-order chi connectivity index (χ1) is 15.6. The van der Waals surface area contributed by atoms with Crippen molar-refractivity contribution in [1.82, 2.24) is 19.3 Å². The van der Waals surface area contributed by atoms with Crippen LogP contribution in [0, 0.1) is 13.8 Å². The number of hydrogen-bond donors (Lipinski definition) is 1. The molecule has 33 heavy (non-hydrogen) atoms. The molecule has 0 fully saturated rings. The molecular weight excluding hydrogens is 462 g/mol. The van der Waals surface area contributed by atoms with Crippen LogP contribution >= 0.6 is 11.3 Å². The molecule has 0 aliphatic heterocycles. The molecule has 1 aromatic carbocycles. The molecule has 2 N–H and O–H groups in total. The predicted octanol–water partition coefficient (Wildman–Crippen LogP) is 3.01. The molecule has 0 saturated carbocycles. The number of thiazole rings is 1. The fourth-order valence-electron chi connectivity index (χ4n) is 3.47. The first-order valence-electron chi connectivity index (χ1n) is 10.0. The van der Waals surface area contributed by atoms with E-state index in [9.17, 15) is 13.2 Å². The molecule has 0 aliphatic carbocycles. The topological polar surface area (TPSA) is 122 Å². The van der Waals surface area contributed by atoms with Gasteiger partial charge in [0.25, 0.3) is 0 Å². The number of sulfonamides is 1. The number of nitrogens with zero attached hydrogens (tertiary/aromatic N) is 4. The number of aryl methyl sites for hydroxylation is 2. The summed E-state index contributed by atoms with van der Waals surface area (Å²) in [5.74, 6) is -0.421. The predicted molar refractivity (Wildman–Crippen MR) is 124 cm³/mol. The van der Waals surface area contributed by atoms with E-state index in [1.165, 1.54) is 23.5 Å². The molecule has 172 valence electrons. The van der Waals surface area contributed by atoms with Crippen molar-refractivity contribution in [2.24, 2.45) is 12.2 Å². The second-order valence-electron chi connectivity index (χ2n) is 7.68. The average Bonchev–Trinajstić information content (AvgIpc) is 3.47. The van der Waals surface area contributed by atoms with E-state index >= 15 is 0 Å². The van der Waals surface area contributed by atoms with Crippen LogP contribution in [0.3, 0.4) is 0 Å². The molecule has 0 saturated heterocycles. The van der Waals surface area contributed by atoms with Gasteiger partial charge in [0.1, 0.15) is 11.6 Å². The highest BCUT2D eigenvalue weighted by atomic mass is 32.2. The van der Waals surface area contributed by atoms with E-state index < -0.39 is 16.0 Å². The Morgan fingerprint density at radius 3 is 2.58 bits per heavy atom. The van der Waals surface area contributed by atoms with Crippen LogP contribution in [0.4, 0.5) is 0 Å². The van der Waals surface area contributed by atoms with Gasteiger partial charge in [-0.3, -0.25) is 4.68 Å². The second-order valence-corrected chi connectivity index (χ2v) is 10.1. The Labute approximate surface area is 195 Å². The van der Waals surface area contributed by atoms with E-state index in [1.54, 1.807) is 29.1 Å². The van der Waals surface area contributed by atoms with Crippen molar-refractivity contribution in [3.63, 3.8) is 0 Å². The third-order valence-electron chi connectivity index (χ3n) is 5.24.